The maximum atomic E-state index is 11.8. The molecular formula is C13H16ClNO4S. The first kappa shape index (κ1) is 16.7. The van der Waals surface area contributed by atoms with Crippen molar-refractivity contribution in [1.29, 1.82) is 0 Å². The Morgan fingerprint density at radius 3 is 2.50 bits per heavy atom. The van der Waals surface area contributed by atoms with Crippen LogP contribution in [-0.4, -0.2) is 25.5 Å². The van der Waals surface area contributed by atoms with E-state index in [0.717, 1.165) is 5.41 Å². The number of hydrogen-bond acceptors (Lipinski definition) is 3. The van der Waals surface area contributed by atoms with E-state index in [0.29, 0.717) is 17.0 Å². The van der Waals surface area contributed by atoms with Crippen molar-refractivity contribution in [3.63, 3.8) is 0 Å². The van der Waals surface area contributed by atoms with E-state index in [4.69, 9.17) is 16.7 Å². The number of halogens is 1. The van der Waals surface area contributed by atoms with E-state index in [1.807, 2.05) is 0 Å². The van der Waals surface area contributed by atoms with Gasteiger partial charge in [-0.3, -0.25) is 4.79 Å². The minimum Gasteiger partial charge on any atom is -0.480 e. The average Bonchev–Trinajstić information content (AvgIpc) is 2.37. The van der Waals surface area contributed by atoms with Gasteiger partial charge in [-0.25, -0.2) is 8.42 Å². The number of carboxylic acids is 1. The van der Waals surface area contributed by atoms with Crippen LogP contribution in [0.15, 0.2) is 29.7 Å². The highest BCUT2D eigenvalue weighted by atomic mass is 35.5. The number of sulfonamides is 1. The Hall–Kier alpha value is -1.37. The van der Waals surface area contributed by atoms with Crippen LogP contribution in [0.4, 0.5) is 0 Å². The van der Waals surface area contributed by atoms with Crippen molar-refractivity contribution in [2.24, 2.45) is 0 Å². The molecule has 110 valence electrons. The molecule has 0 aliphatic carbocycles. The fourth-order valence-corrected chi connectivity index (χ4v) is 2.66. The molecule has 5 nitrogen and oxygen atoms in total. The van der Waals surface area contributed by atoms with Crippen molar-refractivity contribution in [2.45, 2.75) is 25.8 Å². The molecule has 0 saturated heterocycles. The standard InChI is InChI=1S/C13H16ClNO4S/c1-2-3-12(13(16)17)15-20(18,19)9-8-10-4-6-11(14)7-5-10/h4-9,12,15H,2-3H2,1H3,(H,16,17)/b9-8+. The van der Waals surface area contributed by atoms with Gasteiger partial charge in [-0.2, -0.15) is 4.72 Å². The van der Waals surface area contributed by atoms with E-state index < -0.39 is 22.0 Å². The fourth-order valence-electron chi connectivity index (χ4n) is 1.50. The van der Waals surface area contributed by atoms with Crippen molar-refractivity contribution in [3.8, 4) is 0 Å². The highest BCUT2D eigenvalue weighted by Crippen LogP contribution is 2.11. The maximum absolute atomic E-state index is 11.8. The molecular weight excluding hydrogens is 302 g/mol. The number of aliphatic carboxylic acids is 1. The number of carboxylic acid groups (broad SMARTS) is 1. The predicted octanol–water partition coefficient (Wildman–Crippen LogP) is 2.48. The van der Waals surface area contributed by atoms with Gasteiger partial charge in [0, 0.05) is 10.4 Å². The van der Waals surface area contributed by atoms with Crippen molar-refractivity contribution >= 4 is 33.7 Å². The molecule has 7 heteroatoms. The zero-order valence-corrected chi connectivity index (χ0v) is 12.5. The number of rotatable bonds is 7. The summed E-state index contributed by atoms with van der Waals surface area (Å²) in [5, 5.41) is 10.4. The third-order valence-corrected chi connectivity index (χ3v) is 3.85. The molecule has 0 aliphatic rings. The molecule has 2 N–H and O–H groups in total. The largest absolute Gasteiger partial charge is 0.480 e. The predicted molar refractivity (Wildman–Crippen MR) is 78.9 cm³/mol. The normalized spacial score (nSPS) is 13.5. The lowest BCUT2D eigenvalue weighted by Crippen LogP contribution is -2.39. The lowest BCUT2D eigenvalue weighted by molar-refractivity contribution is -0.139. The fraction of sp³-hybridized carbons (Fsp3) is 0.308. The van der Waals surface area contributed by atoms with E-state index in [-0.39, 0.29) is 6.42 Å². The number of carbonyl (C=O) groups is 1. The van der Waals surface area contributed by atoms with Gasteiger partial charge in [-0.15, -0.1) is 0 Å². The minimum atomic E-state index is -3.80. The van der Waals surface area contributed by atoms with Gasteiger partial charge < -0.3 is 5.11 Å². The van der Waals surface area contributed by atoms with Crippen molar-refractivity contribution < 1.29 is 18.3 Å². The molecule has 1 unspecified atom stereocenters. The van der Waals surface area contributed by atoms with Crippen molar-refractivity contribution in [2.75, 3.05) is 0 Å². The third-order valence-electron chi connectivity index (χ3n) is 2.49. The molecule has 0 heterocycles. The van der Waals surface area contributed by atoms with Gasteiger partial charge in [-0.05, 0) is 30.2 Å². The summed E-state index contributed by atoms with van der Waals surface area (Å²) in [5.74, 6) is -1.18. The summed E-state index contributed by atoms with van der Waals surface area (Å²) in [5.41, 5.74) is 0.655. The van der Waals surface area contributed by atoms with Gasteiger partial charge in [0.15, 0.2) is 0 Å². The van der Waals surface area contributed by atoms with E-state index in [9.17, 15) is 13.2 Å². The molecule has 20 heavy (non-hydrogen) atoms. The highest BCUT2D eigenvalue weighted by Gasteiger charge is 2.21. The maximum Gasteiger partial charge on any atom is 0.321 e. The molecule has 0 aliphatic heterocycles. The molecule has 1 rings (SSSR count). The summed E-state index contributed by atoms with van der Waals surface area (Å²) >= 11 is 5.72. The molecule has 0 radical (unpaired) electrons. The van der Waals surface area contributed by atoms with Crippen LogP contribution in [0.25, 0.3) is 6.08 Å². The van der Waals surface area contributed by atoms with Gasteiger partial charge in [-0.1, -0.05) is 37.1 Å². The Bertz CT molecular complexity index is 581. The zero-order valence-electron chi connectivity index (χ0n) is 10.9. The number of nitrogens with one attached hydrogen (secondary N) is 1. The van der Waals surface area contributed by atoms with E-state index >= 15 is 0 Å². The second-order valence-electron chi connectivity index (χ2n) is 4.20. The topological polar surface area (TPSA) is 83.5 Å². The van der Waals surface area contributed by atoms with E-state index in [1.54, 1.807) is 31.2 Å². The van der Waals surface area contributed by atoms with Crippen LogP contribution < -0.4 is 4.72 Å². The Kier molecular flexibility index (Phi) is 6.19. The molecule has 0 spiro atoms. The van der Waals surface area contributed by atoms with Gasteiger partial charge in [0.05, 0.1) is 0 Å². The minimum absolute atomic E-state index is 0.239. The quantitative estimate of drug-likeness (QED) is 0.809. The molecule has 1 aromatic carbocycles. The Morgan fingerprint density at radius 2 is 2.00 bits per heavy atom. The second kappa shape index (κ2) is 7.42. The molecule has 0 fully saturated rings. The first-order chi connectivity index (χ1) is 9.34. The summed E-state index contributed by atoms with van der Waals surface area (Å²) in [7, 11) is -3.80. The van der Waals surface area contributed by atoms with Gasteiger partial charge in [0.1, 0.15) is 6.04 Å². The Labute approximate surface area is 123 Å². The number of hydrogen-bond donors (Lipinski definition) is 2. The smallest absolute Gasteiger partial charge is 0.321 e. The van der Waals surface area contributed by atoms with Crippen molar-refractivity contribution in [3.05, 3.63) is 40.3 Å². The molecule has 1 aromatic rings. The van der Waals surface area contributed by atoms with Gasteiger partial charge in [0.2, 0.25) is 10.0 Å². The highest BCUT2D eigenvalue weighted by molar-refractivity contribution is 7.92. The molecule has 0 amide bonds. The van der Waals surface area contributed by atoms with Gasteiger partial charge in [0.25, 0.3) is 0 Å². The summed E-state index contributed by atoms with van der Waals surface area (Å²) in [6.07, 6.45) is 2.19. The first-order valence-corrected chi connectivity index (χ1v) is 7.95. The second-order valence-corrected chi connectivity index (χ2v) is 6.23. The summed E-state index contributed by atoms with van der Waals surface area (Å²) in [6.45, 7) is 1.79. The molecule has 1 atom stereocenters. The average molecular weight is 318 g/mol. The third kappa shape index (κ3) is 5.73. The summed E-state index contributed by atoms with van der Waals surface area (Å²) in [4.78, 5) is 10.9. The molecule has 0 aromatic heterocycles. The lowest BCUT2D eigenvalue weighted by Gasteiger charge is -2.11. The zero-order chi connectivity index (χ0) is 15.2. The molecule has 0 bridgehead atoms. The van der Waals surface area contributed by atoms with Crippen LogP contribution >= 0.6 is 11.6 Å². The van der Waals surface area contributed by atoms with E-state index in [1.165, 1.54) is 6.08 Å². The lowest BCUT2D eigenvalue weighted by atomic mass is 10.2. The summed E-state index contributed by atoms with van der Waals surface area (Å²) < 4.78 is 25.7. The van der Waals surface area contributed by atoms with Crippen LogP contribution in [0.3, 0.4) is 0 Å². The van der Waals surface area contributed by atoms with Crippen molar-refractivity contribution in [1.82, 2.24) is 4.72 Å². The SMILES string of the molecule is CCCC(NS(=O)(=O)/C=C/c1ccc(Cl)cc1)C(=O)O. The van der Waals surface area contributed by atoms with Gasteiger partial charge >= 0.3 is 5.97 Å². The van der Waals surface area contributed by atoms with Crippen LogP contribution in [-0.2, 0) is 14.8 Å². The first-order valence-electron chi connectivity index (χ1n) is 6.03. The number of benzene rings is 1. The van der Waals surface area contributed by atoms with Crippen LogP contribution in [0.1, 0.15) is 25.3 Å². The molecule has 0 saturated carbocycles. The Balaban J connectivity index is 2.78. The monoisotopic (exact) mass is 317 g/mol. The van der Waals surface area contributed by atoms with Crippen LogP contribution in [0, 0.1) is 0 Å². The van der Waals surface area contributed by atoms with E-state index in [2.05, 4.69) is 4.72 Å². The summed E-state index contributed by atoms with van der Waals surface area (Å²) in [6, 6.07) is 5.49. The van der Waals surface area contributed by atoms with Crippen LogP contribution in [0.5, 0.6) is 0 Å². The van der Waals surface area contributed by atoms with Crippen LogP contribution in [0.2, 0.25) is 5.02 Å². The Morgan fingerprint density at radius 1 is 1.40 bits per heavy atom.